The van der Waals surface area contributed by atoms with Gasteiger partial charge in [0.2, 0.25) is 6.79 Å². The van der Waals surface area contributed by atoms with Crippen LogP contribution in [0.4, 0.5) is 5.69 Å². The predicted octanol–water partition coefficient (Wildman–Crippen LogP) is 3.41. The lowest BCUT2D eigenvalue weighted by atomic mass is 9.98. The summed E-state index contributed by atoms with van der Waals surface area (Å²) in [5, 5.41) is 12.8. The summed E-state index contributed by atoms with van der Waals surface area (Å²) in [5.74, 6) is 1.13. The number of likely N-dealkylation sites (N-methyl/N-ethyl adjacent to an activating group) is 1. The van der Waals surface area contributed by atoms with E-state index < -0.39 is 0 Å². The molecule has 2 aliphatic heterocycles. The quantitative estimate of drug-likeness (QED) is 0.442. The van der Waals surface area contributed by atoms with Gasteiger partial charge in [0, 0.05) is 43.5 Å². The molecule has 0 spiro atoms. The number of rotatable bonds is 8. The number of carbonyl (C=O) groups is 2. The molecule has 5 rings (SSSR count). The monoisotopic (exact) mass is 546 g/mol. The molecule has 40 heavy (non-hydrogen) atoms. The molecule has 10 heteroatoms. The van der Waals surface area contributed by atoms with E-state index in [0.29, 0.717) is 42.2 Å². The van der Waals surface area contributed by atoms with Crippen LogP contribution in [0.1, 0.15) is 40.1 Å². The maximum atomic E-state index is 13.7. The first-order valence-corrected chi connectivity index (χ1v) is 13.3. The lowest BCUT2D eigenvalue weighted by Gasteiger charge is -2.38. The van der Waals surface area contributed by atoms with Gasteiger partial charge in [0.05, 0.1) is 23.9 Å². The fourth-order valence-electron chi connectivity index (χ4n) is 4.98. The van der Waals surface area contributed by atoms with Crippen molar-refractivity contribution in [3.05, 3.63) is 77.6 Å². The minimum Gasteiger partial charge on any atom is -0.486 e. The molecule has 3 atom stereocenters. The van der Waals surface area contributed by atoms with E-state index in [2.05, 4.69) is 15.2 Å². The Morgan fingerprint density at radius 3 is 2.73 bits per heavy atom. The Balaban J connectivity index is 1.43. The average Bonchev–Trinajstić information content (AvgIpc) is 3.43. The highest BCUT2D eigenvalue weighted by atomic mass is 16.7. The van der Waals surface area contributed by atoms with Crippen LogP contribution in [0.2, 0.25) is 0 Å². The van der Waals surface area contributed by atoms with Crippen LogP contribution in [0.15, 0.2) is 60.9 Å². The molecule has 3 heterocycles. The number of aliphatic hydroxyl groups excluding tert-OH is 1. The zero-order chi connectivity index (χ0) is 28.2. The number of benzene rings is 2. The van der Waals surface area contributed by atoms with Gasteiger partial charge >= 0.3 is 0 Å². The second-order valence-corrected chi connectivity index (χ2v) is 10.4. The molecule has 0 saturated carbocycles. The van der Waals surface area contributed by atoms with E-state index >= 15 is 0 Å². The van der Waals surface area contributed by atoms with E-state index in [0.717, 1.165) is 17.1 Å². The molecule has 3 aromatic rings. The van der Waals surface area contributed by atoms with Crippen LogP contribution in [-0.4, -0.2) is 77.4 Å². The number of aromatic nitrogens is 1. The zero-order valence-electron chi connectivity index (χ0n) is 22.9. The minimum absolute atomic E-state index is 0.0748. The van der Waals surface area contributed by atoms with E-state index in [1.165, 1.54) is 0 Å². The van der Waals surface area contributed by atoms with Gasteiger partial charge in [-0.1, -0.05) is 19.1 Å². The fourth-order valence-corrected chi connectivity index (χ4v) is 4.98. The Morgan fingerprint density at radius 2 is 1.95 bits per heavy atom. The molecule has 210 valence electrons. The number of ether oxygens (including phenoxy) is 3. The number of nitrogens with one attached hydrogen (secondary N) is 1. The van der Waals surface area contributed by atoms with Gasteiger partial charge in [0.1, 0.15) is 6.10 Å². The number of amides is 2. The fraction of sp³-hybridized carbons (Fsp3) is 0.367. The van der Waals surface area contributed by atoms with Crippen LogP contribution in [-0.2, 0) is 6.54 Å². The Bertz CT molecular complexity index is 1370. The molecule has 2 N–H and O–H groups in total. The van der Waals surface area contributed by atoms with Crippen molar-refractivity contribution in [2.45, 2.75) is 32.5 Å². The lowest BCUT2D eigenvalue weighted by Crippen LogP contribution is -2.49. The second-order valence-electron chi connectivity index (χ2n) is 10.4. The van der Waals surface area contributed by atoms with E-state index in [9.17, 15) is 14.7 Å². The van der Waals surface area contributed by atoms with Gasteiger partial charge in [-0.15, -0.1) is 0 Å². The number of nitrogens with zero attached hydrogens (tertiary/aromatic N) is 3. The van der Waals surface area contributed by atoms with Crippen LogP contribution in [0.25, 0.3) is 0 Å². The number of hydrogen-bond acceptors (Lipinski definition) is 8. The summed E-state index contributed by atoms with van der Waals surface area (Å²) < 4.78 is 17.6. The van der Waals surface area contributed by atoms with Gasteiger partial charge in [-0.3, -0.25) is 19.5 Å². The van der Waals surface area contributed by atoms with Crippen LogP contribution in [0.3, 0.4) is 0 Å². The van der Waals surface area contributed by atoms with Crippen molar-refractivity contribution in [3.63, 3.8) is 0 Å². The Morgan fingerprint density at radius 1 is 1.18 bits per heavy atom. The molecule has 0 aliphatic carbocycles. The Labute approximate surface area is 233 Å². The number of para-hydroxylation sites is 1. The number of anilines is 1. The highest BCUT2D eigenvalue weighted by Crippen LogP contribution is 2.36. The summed E-state index contributed by atoms with van der Waals surface area (Å²) in [4.78, 5) is 34.5. The molecule has 0 fully saturated rings. The molecule has 2 amide bonds. The molecular weight excluding hydrogens is 512 g/mol. The first-order valence-electron chi connectivity index (χ1n) is 13.3. The summed E-state index contributed by atoms with van der Waals surface area (Å²) in [6.07, 6.45) is 2.78. The average molecular weight is 547 g/mol. The summed E-state index contributed by atoms with van der Waals surface area (Å²) in [5.41, 5.74) is 2.25. The highest BCUT2D eigenvalue weighted by molar-refractivity contribution is 6.07. The Kier molecular flexibility index (Phi) is 8.18. The number of aliphatic hydroxyl groups is 1. The molecule has 0 radical (unpaired) electrons. The van der Waals surface area contributed by atoms with Gasteiger partial charge in [0.25, 0.3) is 11.8 Å². The number of hydrogen-bond donors (Lipinski definition) is 2. The van der Waals surface area contributed by atoms with Crippen molar-refractivity contribution >= 4 is 17.5 Å². The normalized spacial score (nSPS) is 18.9. The molecule has 2 aliphatic rings. The van der Waals surface area contributed by atoms with Crippen molar-refractivity contribution < 1.29 is 28.9 Å². The summed E-state index contributed by atoms with van der Waals surface area (Å²) in [7, 11) is 2.01. The van der Waals surface area contributed by atoms with Crippen LogP contribution in [0, 0.1) is 5.92 Å². The van der Waals surface area contributed by atoms with Crippen molar-refractivity contribution in [2.24, 2.45) is 5.92 Å². The number of fused-ring (bicyclic) bond motifs is 2. The van der Waals surface area contributed by atoms with Gasteiger partial charge in [-0.2, -0.15) is 0 Å². The molecule has 0 bridgehead atoms. The third-order valence-corrected chi connectivity index (χ3v) is 7.26. The van der Waals surface area contributed by atoms with Crippen LogP contribution >= 0.6 is 0 Å². The first-order chi connectivity index (χ1) is 19.3. The third-order valence-electron chi connectivity index (χ3n) is 7.26. The van der Waals surface area contributed by atoms with E-state index in [-0.39, 0.29) is 43.3 Å². The summed E-state index contributed by atoms with van der Waals surface area (Å²) in [6.45, 7) is 5.53. The summed E-state index contributed by atoms with van der Waals surface area (Å²) >= 11 is 0. The smallest absolute Gasteiger partial charge is 0.258 e. The first kappa shape index (κ1) is 27.4. The molecular formula is C30H34N4O6. The standard InChI is InChI=1S/C30H34N4O6/c1-19-14-34(20(2)17-35)30(37)23-5-4-6-24(32-29(36)22-9-11-31-12-10-22)28(23)40-27(19)16-33(3)15-21-7-8-25-26(13-21)39-18-38-25/h4-13,19-20,27,35H,14-18H2,1-3H3,(H,32,36)/t19-,20+,27-/m0/s1. The van der Waals surface area contributed by atoms with E-state index in [1.54, 1.807) is 47.6 Å². The van der Waals surface area contributed by atoms with Crippen LogP contribution < -0.4 is 19.5 Å². The van der Waals surface area contributed by atoms with Gasteiger partial charge in [0.15, 0.2) is 17.2 Å². The van der Waals surface area contributed by atoms with Gasteiger partial charge in [-0.25, -0.2) is 0 Å². The van der Waals surface area contributed by atoms with Gasteiger partial charge in [-0.05, 0) is 55.9 Å². The molecule has 0 unspecified atom stereocenters. The predicted molar refractivity (Wildman–Crippen MR) is 149 cm³/mol. The minimum atomic E-state index is -0.386. The van der Waals surface area contributed by atoms with Crippen molar-refractivity contribution in [3.8, 4) is 17.2 Å². The number of pyridine rings is 1. The lowest BCUT2D eigenvalue weighted by molar-refractivity contribution is 0.0343. The SMILES string of the molecule is C[C@H](CO)N1C[C@H](C)[C@H](CN(C)Cc2ccc3c(c2)OCO3)Oc2c(NC(=O)c3ccncc3)cccc2C1=O. The molecule has 1 aromatic heterocycles. The molecule has 2 aromatic carbocycles. The second kappa shape index (κ2) is 11.9. The van der Waals surface area contributed by atoms with Crippen LogP contribution in [0.5, 0.6) is 17.2 Å². The maximum absolute atomic E-state index is 13.7. The zero-order valence-corrected chi connectivity index (χ0v) is 22.9. The van der Waals surface area contributed by atoms with Gasteiger partial charge < -0.3 is 29.5 Å². The molecule has 0 saturated heterocycles. The largest absolute Gasteiger partial charge is 0.486 e. The topological polar surface area (TPSA) is 113 Å². The summed E-state index contributed by atoms with van der Waals surface area (Å²) in [6, 6.07) is 13.9. The molecule has 10 nitrogen and oxygen atoms in total. The van der Waals surface area contributed by atoms with Crippen molar-refractivity contribution in [1.29, 1.82) is 0 Å². The number of carbonyl (C=O) groups excluding carboxylic acids is 2. The van der Waals surface area contributed by atoms with Crippen molar-refractivity contribution in [1.82, 2.24) is 14.8 Å². The van der Waals surface area contributed by atoms with E-state index in [1.807, 2.05) is 39.1 Å². The Hall–Kier alpha value is -4.15. The van der Waals surface area contributed by atoms with E-state index in [4.69, 9.17) is 14.2 Å². The highest BCUT2D eigenvalue weighted by Gasteiger charge is 2.34. The third kappa shape index (κ3) is 5.88. The van der Waals surface area contributed by atoms with Crippen molar-refractivity contribution in [2.75, 3.05) is 38.9 Å². The maximum Gasteiger partial charge on any atom is 0.258 e.